The first kappa shape index (κ1) is 10.8. The SMILES string of the molecule is CN1[C@@H]2CCCC[C@H]2C(=O)[C@H]2CCCC[C@@H]21. The van der Waals surface area contributed by atoms with Crippen molar-refractivity contribution in [3.63, 3.8) is 0 Å². The number of ketones is 1. The number of carbonyl (C=O) groups excluding carboxylic acids is 1. The third-order valence-electron chi connectivity index (χ3n) is 5.24. The molecule has 1 heterocycles. The number of fused-ring (bicyclic) bond motifs is 2. The van der Waals surface area contributed by atoms with E-state index in [1.54, 1.807) is 0 Å². The van der Waals surface area contributed by atoms with Crippen molar-refractivity contribution in [2.24, 2.45) is 11.8 Å². The second-order valence-electron chi connectivity index (χ2n) is 5.98. The van der Waals surface area contributed by atoms with Gasteiger partial charge in [0.05, 0.1) is 0 Å². The van der Waals surface area contributed by atoms with Gasteiger partial charge >= 0.3 is 0 Å². The fourth-order valence-electron chi connectivity index (χ4n) is 4.38. The van der Waals surface area contributed by atoms with Crippen molar-refractivity contribution in [1.82, 2.24) is 4.90 Å². The Bertz CT molecular complexity index is 262. The minimum Gasteiger partial charge on any atom is -0.299 e. The lowest BCUT2D eigenvalue weighted by atomic mass is 9.67. The lowest BCUT2D eigenvalue weighted by Gasteiger charge is -2.51. The van der Waals surface area contributed by atoms with Crippen molar-refractivity contribution < 1.29 is 4.79 Å². The minimum absolute atomic E-state index is 0.387. The van der Waals surface area contributed by atoms with Gasteiger partial charge in [0.25, 0.3) is 0 Å². The first-order valence-electron chi connectivity index (χ1n) is 7.04. The van der Waals surface area contributed by atoms with Gasteiger partial charge in [-0.15, -0.1) is 0 Å². The number of nitrogens with zero attached hydrogens (tertiary/aromatic N) is 1. The van der Waals surface area contributed by atoms with Crippen LogP contribution in [0.1, 0.15) is 51.4 Å². The lowest BCUT2D eigenvalue weighted by molar-refractivity contribution is -0.142. The first-order chi connectivity index (χ1) is 7.79. The molecular formula is C14H23NO. The second-order valence-corrected chi connectivity index (χ2v) is 5.98. The maximum absolute atomic E-state index is 12.5. The Balaban J connectivity index is 1.86. The minimum atomic E-state index is 0.387. The van der Waals surface area contributed by atoms with Crippen LogP contribution >= 0.6 is 0 Å². The van der Waals surface area contributed by atoms with Crippen LogP contribution in [-0.2, 0) is 4.79 Å². The van der Waals surface area contributed by atoms with E-state index < -0.39 is 0 Å². The molecule has 3 aliphatic rings. The molecule has 0 aromatic heterocycles. The molecule has 0 N–H and O–H groups in total. The summed E-state index contributed by atoms with van der Waals surface area (Å²) >= 11 is 0. The third-order valence-corrected chi connectivity index (χ3v) is 5.24. The van der Waals surface area contributed by atoms with Crippen molar-refractivity contribution in [1.29, 1.82) is 0 Å². The van der Waals surface area contributed by atoms with Gasteiger partial charge in [-0.3, -0.25) is 9.69 Å². The molecule has 0 radical (unpaired) electrons. The van der Waals surface area contributed by atoms with E-state index >= 15 is 0 Å². The van der Waals surface area contributed by atoms with E-state index in [-0.39, 0.29) is 0 Å². The number of piperidine rings is 1. The molecule has 3 rings (SSSR count). The van der Waals surface area contributed by atoms with Gasteiger partial charge < -0.3 is 0 Å². The molecule has 0 bridgehead atoms. The number of Topliss-reactive ketones (excluding diaryl/α,β-unsaturated/α-hetero) is 1. The van der Waals surface area contributed by atoms with E-state index in [1.165, 1.54) is 38.5 Å². The fourth-order valence-corrected chi connectivity index (χ4v) is 4.38. The standard InChI is InChI=1S/C14H23NO/c1-15-12-8-4-2-6-10(12)14(16)11-7-3-5-9-13(11)15/h10-13H,2-9H2,1H3/t10-,11+,12-,13+. The molecule has 90 valence electrons. The van der Waals surface area contributed by atoms with E-state index in [2.05, 4.69) is 11.9 Å². The highest BCUT2D eigenvalue weighted by Crippen LogP contribution is 2.42. The van der Waals surface area contributed by atoms with Gasteiger partial charge in [0, 0.05) is 23.9 Å². The summed E-state index contributed by atoms with van der Waals surface area (Å²) in [4.78, 5) is 15.1. The van der Waals surface area contributed by atoms with Crippen LogP contribution in [0.25, 0.3) is 0 Å². The largest absolute Gasteiger partial charge is 0.299 e. The highest BCUT2D eigenvalue weighted by atomic mass is 16.1. The van der Waals surface area contributed by atoms with Crippen molar-refractivity contribution >= 4 is 5.78 Å². The summed E-state index contributed by atoms with van der Waals surface area (Å²) in [6, 6.07) is 1.17. The van der Waals surface area contributed by atoms with Crippen LogP contribution in [0.2, 0.25) is 0 Å². The van der Waals surface area contributed by atoms with Crippen molar-refractivity contribution in [2.75, 3.05) is 7.05 Å². The molecule has 4 atom stereocenters. The number of hydrogen-bond donors (Lipinski definition) is 0. The topological polar surface area (TPSA) is 20.3 Å². The van der Waals surface area contributed by atoms with Gasteiger partial charge in [-0.05, 0) is 32.7 Å². The van der Waals surface area contributed by atoms with Gasteiger partial charge in [0.2, 0.25) is 0 Å². The van der Waals surface area contributed by atoms with Crippen molar-refractivity contribution in [3.05, 3.63) is 0 Å². The molecule has 2 aliphatic carbocycles. The average Bonchev–Trinajstić information content (AvgIpc) is 2.36. The molecule has 1 saturated heterocycles. The third kappa shape index (κ3) is 1.54. The summed E-state index contributed by atoms with van der Waals surface area (Å²) in [5.41, 5.74) is 0. The van der Waals surface area contributed by atoms with Crippen LogP contribution in [0.5, 0.6) is 0 Å². The Morgan fingerprint density at radius 2 is 1.31 bits per heavy atom. The number of rotatable bonds is 0. The summed E-state index contributed by atoms with van der Waals surface area (Å²) < 4.78 is 0. The predicted octanol–water partition coefficient (Wildman–Crippen LogP) is 2.62. The van der Waals surface area contributed by atoms with E-state index in [0.717, 1.165) is 12.8 Å². The number of likely N-dealkylation sites (tertiary alicyclic amines) is 1. The molecule has 0 aromatic rings. The monoisotopic (exact) mass is 221 g/mol. The molecule has 0 amide bonds. The number of carbonyl (C=O) groups is 1. The summed E-state index contributed by atoms with van der Waals surface area (Å²) in [7, 11) is 2.28. The van der Waals surface area contributed by atoms with Gasteiger partial charge in [0.1, 0.15) is 5.78 Å². The van der Waals surface area contributed by atoms with Crippen molar-refractivity contribution in [2.45, 2.75) is 63.5 Å². The van der Waals surface area contributed by atoms with Crippen LogP contribution in [0, 0.1) is 11.8 Å². The Kier molecular flexibility index (Phi) is 2.78. The molecular weight excluding hydrogens is 198 g/mol. The summed E-state index contributed by atoms with van der Waals surface area (Å²) in [5, 5.41) is 0. The van der Waals surface area contributed by atoms with Gasteiger partial charge in [0.15, 0.2) is 0 Å². The summed E-state index contributed by atoms with van der Waals surface area (Å²) in [5.74, 6) is 1.41. The zero-order valence-corrected chi connectivity index (χ0v) is 10.3. The van der Waals surface area contributed by atoms with E-state index in [9.17, 15) is 4.79 Å². The highest BCUT2D eigenvalue weighted by molar-refractivity contribution is 5.86. The smallest absolute Gasteiger partial charge is 0.142 e. The van der Waals surface area contributed by atoms with E-state index in [0.29, 0.717) is 29.7 Å². The van der Waals surface area contributed by atoms with Crippen LogP contribution < -0.4 is 0 Å². The van der Waals surface area contributed by atoms with Crippen LogP contribution in [0.3, 0.4) is 0 Å². The van der Waals surface area contributed by atoms with Crippen LogP contribution in [-0.4, -0.2) is 29.8 Å². The first-order valence-corrected chi connectivity index (χ1v) is 7.04. The maximum Gasteiger partial charge on any atom is 0.142 e. The van der Waals surface area contributed by atoms with Crippen LogP contribution in [0.15, 0.2) is 0 Å². The maximum atomic E-state index is 12.5. The van der Waals surface area contributed by atoms with Crippen LogP contribution in [0.4, 0.5) is 0 Å². The van der Waals surface area contributed by atoms with E-state index in [4.69, 9.17) is 0 Å². The molecule has 2 heteroatoms. The quantitative estimate of drug-likeness (QED) is 0.626. The van der Waals surface area contributed by atoms with Gasteiger partial charge in [-0.25, -0.2) is 0 Å². The molecule has 2 nitrogen and oxygen atoms in total. The molecule has 2 saturated carbocycles. The average molecular weight is 221 g/mol. The molecule has 0 spiro atoms. The number of hydrogen-bond acceptors (Lipinski definition) is 2. The zero-order chi connectivity index (χ0) is 11.1. The molecule has 1 aliphatic heterocycles. The molecule has 0 aromatic carbocycles. The lowest BCUT2D eigenvalue weighted by Crippen LogP contribution is -2.59. The Hall–Kier alpha value is -0.370. The molecule has 0 unspecified atom stereocenters. The van der Waals surface area contributed by atoms with Crippen molar-refractivity contribution in [3.8, 4) is 0 Å². The predicted molar refractivity (Wildman–Crippen MR) is 64.3 cm³/mol. The fraction of sp³-hybridized carbons (Fsp3) is 0.929. The zero-order valence-electron chi connectivity index (χ0n) is 10.3. The normalized spacial score (nSPS) is 44.9. The highest BCUT2D eigenvalue weighted by Gasteiger charge is 2.47. The molecule has 3 fully saturated rings. The second kappa shape index (κ2) is 4.14. The summed E-state index contributed by atoms with van der Waals surface area (Å²) in [6.07, 6.45) is 10.1. The van der Waals surface area contributed by atoms with Gasteiger partial charge in [-0.1, -0.05) is 25.7 Å². The Labute approximate surface area is 98.4 Å². The summed E-state index contributed by atoms with van der Waals surface area (Å²) in [6.45, 7) is 0. The van der Waals surface area contributed by atoms with Gasteiger partial charge in [-0.2, -0.15) is 0 Å². The van der Waals surface area contributed by atoms with E-state index in [1.807, 2.05) is 0 Å². The Morgan fingerprint density at radius 1 is 0.875 bits per heavy atom. The molecule has 16 heavy (non-hydrogen) atoms. The Morgan fingerprint density at radius 3 is 1.81 bits per heavy atom.